The van der Waals surface area contributed by atoms with E-state index in [9.17, 15) is 14.7 Å². The molecule has 2 atom stereocenters. The van der Waals surface area contributed by atoms with Crippen molar-refractivity contribution in [2.24, 2.45) is 0 Å². The van der Waals surface area contributed by atoms with E-state index in [1.54, 1.807) is 45.0 Å². The SMILES string of the molecule is CC(C)(C)OC(=O)NC(=N)c1ccc(C(C(=O)O)C2CCNO2)cc1. The monoisotopic (exact) mass is 349 g/mol. The maximum atomic E-state index is 11.7. The van der Waals surface area contributed by atoms with Crippen molar-refractivity contribution in [2.45, 2.75) is 44.8 Å². The van der Waals surface area contributed by atoms with Gasteiger partial charge in [0.25, 0.3) is 0 Å². The Kier molecular flexibility index (Phi) is 5.76. The maximum absolute atomic E-state index is 11.7. The van der Waals surface area contributed by atoms with Gasteiger partial charge in [0.2, 0.25) is 0 Å². The van der Waals surface area contributed by atoms with Gasteiger partial charge < -0.3 is 9.84 Å². The first-order valence-electron chi connectivity index (χ1n) is 7.97. The van der Waals surface area contributed by atoms with E-state index in [0.29, 0.717) is 24.1 Å². The average molecular weight is 349 g/mol. The molecule has 2 rings (SSSR count). The zero-order valence-corrected chi connectivity index (χ0v) is 14.5. The van der Waals surface area contributed by atoms with Crippen molar-refractivity contribution in [3.05, 3.63) is 35.4 Å². The number of carbonyl (C=O) groups is 2. The number of amides is 1. The summed E-state index contributed by atoms with van der Waals surface area (Å²) in [5, 5.41) is 19.8. The molecule has 8 nitrogen and oxygen atoms in total. The van der Waals surface area contributed by atoms with Gasteiger partial charge in [-0.25, -0.2) is 10.3 Å². The average Bonchev–Trinajstić information content (AvgIpc) is 2.99. The maximum Gasteiger partial charge on any atom is 0.413 e. The number of hydrogen-bond donors (Lipinski definition) is 4. The lowest BCUT2D eigenvalue weighted by Gasteiger charge is -2.20. The number of hydrogen-bond acceptors (Lipinski definition) is 6. The highest BCUT2D eigenvalue weighted by molar-refractivity contribution is 6.04. The van der Waals surface area contributed by atoms with Crippen LogP contribution in [-0.2, 0) is 14.4 Å². The van der Waals surface area contributed by atoms with Crippen LogP contribution in [0.25, 0.3) is 0 Å². The van der Waals surface area contributed by atoms with Gasteiger partial charge in [-0.15, -0.1) is 0 Å². The molecule has 136 valence electrons. The number of aliphatic carboxylic acids is 1. The third-order valence-electron chi connectivity index (χ3n) is 3.59. The van der Waals surface area contributed by atoms with Crippen LogP contribution in [0.5, 0.6) is 0 Å². The van der Waals surface area contributed by atoms with Gasteiger partial charge in [0.05, 0.1) is 6.10 Å². The molecule has 1 heterocycles. The summed E-state index contributed by atoms with van der Waals surface area (Å²) in [5.74, 6) is -1.88. The van der Waals surface area contributed by atoms with Gasteiger partial charge >= 0.3 is 12.1 Å². The van der Waals surface area contributed by atoms with Crippen molar-refractivity contribution < 1.29 is 24.3 Å². The lowest BCUT2D eigenvalue weighted by molar-refractivity contribution is -0.143. The van der Waals surface area contributed by atoms with E-state index in [0.717, 1.165) is 0 Å². The molecule has 1 amide bonds. The van der Waals surface area contributed by atoms with Crippen molar-refractivity contribution in [3.8, 4) is 0 Å². The molecule has 1 saturated heterocycles. The Morgan fingerprint density at radius 1 is 1.36 bits per heavy atom. The standard InChI is InChI=1S/C17H23N3O5/c1-17(2,3)24-16(23)20-14(18)11-6-4-10(5-7-11)13(15(21)22)12-8-9-19-25-12/h4-7,12-13,19H,8-9H2,1-3H3,(H,21,22)(H2,18,20,23). The van der Waals surface area contributed by atoms with Gasteiger partial charge in [0.1, 0.15) is 17.4 Å². The smallest absolute Gasteiger partial charge is 0.413 e. The summed E-state index contributed by atoms with van der Waals surface area (Å²) in [6.07, 6.45) is -0.549. The summed E-state index contributed by atoms with van der Waals surface area (Å²) >= 11 is 0. The molecule has 1 aliphatic heterocycles. The van der Waals surface area contributed by atoms with E-state index < -0.39 is 29.7 Å². The van der Waals surface area contributed by atoms with E-state index in [4.69, 9.17) is 15.0 Å². The fourth-order valence-electron chi connectivity index (χ4n) is 2.51. The normalized spacial score (nSPS) is 18.4. The van der Waals surface area contributed by atoms with Crippen LogP contribution in [0, 0.1) is 5.41 Å². The van der Waals surface area contributed by atoms with Crippen molar-refractivity contribution in [1.82, 2.24) is 10.8 Å². The second-order valence-corrected chi connectivity index (χ2v) is 6.78. The molecule has 25 heavy (non-hydrogen) atoms. The number of rotatable bonds is 4. The summed E-state index contributed by atoms with van der Waals surface area (Å²) in [7, 11) is 0. The topological polar surface area (TPSA) is 121 Å². The van der Waals surface area contributed by atoms with Crippen LogP contribution < -0.4 is 10.8 Å². The highest BCUT2D eigenvalue weighted by Gasteiger charge is 2.33. The van der Waals surface area contributed by atoms with Crippen LogP contribution in [-0.4, -0.2) is 41.3 Å². The molecule has 0 radical (unpaired) electrons. The Balaban J connectivity index is 2.06. The quantitative estimate of drug-likeness (QED) is 0.487. The lowest BCUT2D eigenvalue weighted by atomic mass is 9.91. The van der Waals surface area contributed by atoms with Crippen LogP contribution in [0.1, 0.15) is 44.2 Å². The van der Waals surface area contributed by atoms with E-state index in [2.05, 4.69) is 10.8 Å². The summed E-state index contributed by atoms with van der Waals surface area (Å²) in [6, 6.07) is 6.43. The van der Waals surface area contributed by atoms with Gasteiger partial charge in [0.15, 0.2) is 0 Å². The third-order valence-corrected chi connectivity index (χ3v) is 3.59. The molecule has 2 unspecified atom stereocenters. The Morgan fingerprint density at radius 2 is 2.00 bits per heavy atom. The number of carbonyl (C=O) groups excluding carboxylic acids is 1. The molecule has 1 fully saturated rings. The molecule has 0 saturated carbocycles. The molecule has 8 heteroatoms. The minimum Gasteiger partial charge on any atom is -0.481 e. The van der Waals surface area contributed by atoms with E-state index in [-0.39, 0.29) is 5.84 Å². The molecule has 0 aromatic heterocycles. The Morgan fingerprint density at radius 3 is 2.48 bits per heavy atom. The fourth-order valence-corrected chi connectivity index (χ4v) is 2.51. The number of benzene rings is 1. The first kappa shape index (κ1) is 18.9. The number of alkyl carbamates (subject to hydrolysis) is 1. The van der Waals surface area contributed by atoms with Gasteiger partial charge in [-0.05, 0) is 32.8 Å². The van der Waals surface area contributed by atoms with Crippen molar-refractivity contribution in [3.63, 3.8) is 0 Å². The molecule has 0 aliphatic carbocycles. The van der Waals surface area contributed by atoms with E-state index in [1.165, 1.54) is 0 Å². The molecule has 1 aliphatic rings. The first-order valence-corrected chi connectivity index (χ1v) is 7.97. The summed E-state index contributed by atoms with van der Waals surface area (Å²) in [5.41, 5.74) is 3.06. The number of hydroxylamine groups is 1. The Hall–Kier alpha value is -2.45. The minimum absolute atomic E-state index is 0.119. The van der Waals surface area contributed by atoms with Crippen LogP contribution >= 0.6 is 0 Å². The highest BCUT2D eigenvalue weighted by atomic mass is 16.7. The molecular formula is C17H23N3O5. The zero-order valence-electron chi connectivity index (χ0n) is 14.5. The predicted molar refractivity (Wildman–Crippen MR) is 90.5 cm³/mol. The van der Waals surface area contributed by atoms with Crippen LogP contribution in [0.4, 0.5) is 4.79 Å². The number of amidine groups is 1. The number of nitrogens with one attached hydrogen (secondary N) is 3. The summed E-state index contributed by atoms with van der Waals surface area (Å²) < 4.78 is 5.10. The molecular weight excluding hydrogens is 326 g/mol. The molecule has 0 bridgehead atoms. The van der Waals surface area contributed by atoms with Gasteiger partial charge in [0, 0.05) is 12.1 Å². The first-order chi connectivity index (χ1) is 11.7. The van der Waals surface area contributed by atoms with Gasteiger partial charge in [-0.3, -0.25) is 20.4 Å². The third kappa shape index (κ3) is 5.27. The number of ether oxygens (including phenoxy) is 1. The van der Waals surface area contributed by atoms with Crippen LogP contribution in [0.2, 0.25) is 0 Å². The number of carboxylic acid groups (broad SMARTS) is 1. The van der Waals surface area contributed by atoms with E-state index >= 15 is 0 Å². The van der Waals surface area contributed by atoms with Crippen molar-refractivity contribution >= 4 is 17.9 Å². The van der Waals surface area contributed by atoms with Crippen LogP contribution in [0.3, 0.4) is 0 Å². The molecule has 1 aromatic rings. The Labute approximate surface area is 146 Å². The fraction of sp³-hybridized carbons (Fsp3) is 0.471. The molecule has 4 N–H and O–H groups in total. The highest BCUT2D eigenvalue weighted by Crippen LogP contribution is 2.26. The number of carboxylic acids is 1. The largest absolute Gasteiger partial charge is 0.481 e. The van der Waals surface area contributed by atoms with E-state index in [1.807, 2.05) is 0 Å². The summed E-state index contributed by atoms with van der Waals surface area (Å²) in [6.45, 7) is 5.81. The van der Waals surface area contributed by atoms with Crippen molar-refractivity contribution in [1.29, 1.82) is 5.41 Å². The summed E-state index contributed by atoms with van der Waals surface area (Å²) in [4.78, 5) is 28.5. The Bertz CT molecular complexity index is 645. The van der Waals surface area contributed by atoms with Crippen molar-refractivity contribution in [2.75, 3.05) is 6.54 Å². The molecule has 1 aromatic carbocycles. The minimum atomic E-state index is -0.969. The lowest BCUT2D eigenvalue weighted by Crippen LogP contribution is -2.36. The van der Waals surface area contributed by atoms with Crippen LogP contribution in [0.15, 0.2) is 24.3 Å². The predicted octanol–water partition coefficient (Wildman–Crippen LogP) is 2.00. The second-order valence-electron chi connectivity index (χ2n) is 6.78. The molecule has 0 spiro atoms. The zero-order chi connectivity index (χ0) is 18.6. The van der Waals surface area contributed by atoms with Gasteiger partial charge in [-0.1, -0.05) is 24.3 Å². The van der Waals surface area contributed by atoms with Gasteiger partial charge in [-0.2, -0.15) is 0 Å². The second kappa shape index (κ2) is 7.62.